The second-order valence-electron chi connectivity index (χ2n) is 7.58. The number of esters is 1. The predicted octanol–water partition coefficient (Wildman–Crippen LogP) is 0.221. The van der Waals surface area contributed by atoms with Crippen molar-refractivity contribution in [2.45, 2.75) is 43.2 Å². The van der Waals surface area contributed by atoms with Crippen molar-refractivity contribution in [1.29, 1.82) is 0 Å². The highest BCUT2D eigenvalue weighted by atomic mass is 16.7. The van der Waals surface area contributed by atoms with Gasteiger partial charge >= 0.3 is 5.97 Å². The SMILES string of the molecule is COC(=O)c1ccc(Cc2ccc3c(c2)[C@]2(OC3)OC(CO)[C@@H](O)C(O)[C@H]2O)cc1. The van der Waals surface area contributed by atoms with E-state index in [-0.39, 0.29) is 6.61 Å². The lowest BCUT2D eigenvalue weighted by Crippen LogP contribution is -2.63. The molecule has 4 rings (SSSR count). The van der Waals surface area contributed by atoms with Crippen molar-refractivity contribution in [3.05, 3.63) is 70.3 Å². The lowest BCUT2D eigenvalue weighted by Gasteiger charge is -2.46. The minimum Gasteiger partial charge on any atom is -0.465 e. The Hall–Kier alpha value is -2.33. The Morgan fingerprint density at radius 2 is 1.80 bits per heavy atom. The number of methoxy groups -OCH3 is 1. The van der Waals surface area contributed by atoms with Crippen LogP contribution in [0.4, 0.5) is 0 Å². The molecule has 1 fully saturated rings. The van der Waals surface area contributed by atoms with Gasteiger partial charge in [-0.15, -0.1) is 0 Å². The molecule has 8 nitrogen and oxygen atoms in total. The van der Waals surface area contributed by atoms with Crippen LogP contribution in [0.2, 0.25) is 0 Å². The van der Waals surface area contributed by atoms with Crippen molar-refractivity contribution >= 4 is 5.97 Å². The van der Waals surface area contributed by atoms with Gasteiger partial charge in [-0.25, -0.2) is 4.79 Å². The number of aliphatic hydroxyl groups excluding tert-OH is 4. The van der Waals surface area contributed by atoms with Gasteiger partial charge in [-0.1, -0.05) is 24.3 Å². The van der Waals surface area contributed by atoms with Crippen LogP contribution >= 0.6 is 0 Å². The second-order valence-corrected chi connectivity index (χ2v) is 7.58. The first-order chi connectivity index (χ1) is 14.4. The molecule has 2 aromatic rings. The Balaban J connectivity index is 1.62. The second kappa shape index (κ2) is 8.07. The molecule has 4 N–H and O–H groups in total. The molecule has 1 spiro atoms. The maximum absolute atomic E-state index is 11.6. The fourth-order valence-corrected chi connectivity index (χ4v) is 4.04. The molecule has 0 amide bonds. The number of fused-ring (bicyclic) bond motifs is 2. The fourth-order valence-electron chi connectivity index (χ4n) is 4.04. The molecule has 0 bridgehead atoms. The van der Waals surface area contributed by atoms with Crippen LogP contribution in [0.1, 0.15) is 32.6 Å². The molecule has 160 valence electrons. The summed E-state index contributed by atoms with van der Waals surface area (Å²) in [6.07, 6.45) is -5.03. The first kappa shape index (κ1) is 20.9. The van der Waals surface area contributed by atoms with Crippen LogP contribution in [-0.4, -0.2) is 64.5 Å². The molecule has 0 aliphatic carbocycles. The van der Waals surface area contributed by atoms with E-state index in [2.05, 4.69) is 0 Å². The van der Waals surface area contributed by atoms with E-state index in [4.69, 9.17) is 14.2 Å². The zero-order valence-corrected chi connectivity index (χ0v) is 16.4. The van der Waals surface area contributed by atoms with Crippen LogP contribution in [0.25, 0.3) is 0 Å². The molecular formula is C22H24O8. The third kappa shape index (κ3) is 3.41. The standard InChI is InChI=1S/C22H24O8/c1-28-21(27)14-5-2-12(3-6-14)8-13-4-7-15-11-29-22(16(15)9-13)20(26)19(25)18(24)17(10-23)30-22/h2-7,9,17-20,23-26H,8,10-11H2,1H3/t17?,18-,19?,20-,22+/m1/s1. The molecule has 8 heteroatoms. The van der Waals surface area contributed by atoms with Crippen molar-refractivity contribution in [3.63, 3.8) is 0 Å². The van der Waals surface area contributed by atoms with Crippen molar-refractivity contribution in [2.24, 2.45) is 0 Å². The Labute approximate surface area is 173 Å². The average molecular weight is 416 g/mol. The quantitative estimate of drug-likeness (QED) is 0.522. The number of hydrogen-bond acceptors (Lipinski definition) is 8. The number of carbonyl (C=O) groups is 1. The number of benzene rings is 2. The van der Waals surface area contributed by atoms with Gasteiger partial charge in [0.05, 0.1) is 25.9 Å². The van der Waals surface area contributed by atoms with Gasteiger partial charge in [0.1, 0.15) is 24.4 Å². The Bertz CT molecular complexity index is 925. The molecule has 2 aliphatic heterocycles. The van der Waals surface area contributed by atoms with E-state index in [1.807, 2.05) is 30.3 Å². The van der Waals surface area contributed by atoms with Gasteiger partial charge in [-0.05, 0) is 41.3 Å². The van der Waals surface area contributed by atoms with Crippen LogP contribution < -0.4 is 0 Å². The minimum absolute atomic E-state index is 0.168. The third-order valence-corrected chi connectivity index (χ3v) is 5.73. The van der Waals surface area contributed by atoms with E-state index in [9.17, 15) is 25.2 Å². The zero-order valence-electron chi connectivity index (χ0n) is 16.4. The molecule has 0 saturated carbocycles. The zero-order chi connectivity index (χ0) is 21.5. The van der Waals surface area contributed by atoms with Gasteiger partial charge in [0, 0.05) is 5.56 Å². The fraction of sp³-hybridized carbons (Fsp3) is 0.409. The number of hydrogen-bond donors (Lipinski definition) is 4. The minimum atomic E-state index is -1.66. The molecule has 2 aliphatic rings. The van der Waals surface area contributed by atoms with E-state index < -0.39 is 42.8 Å². The van der Waals surface area contributed by atoms with Gasteiger partial charge < -0.3 is 34.6 Å². The first-order valence-electron chi connectivity index (χ1n) is 9.66. The van der Waals surface area contributed by atoms with Crippen molar-refractivity contribution in [1.82, 2.24) is 0 Å². The average Bonchev–Trinajstić information content (AvgIpc) is 3.13. The molecule has 0 aromatic heterocycles. The number of ether oxygens (including phenoxy) is 3. The monoisotopic (exact) mass is 416 g/mol. The summed E-state index contributed by atoms with van der Waals surface area (Å²) in [7, 11) is 1.33. The Kier molecular flexibility index (Phi) is 5.63. The van der Waals surface area contributed by atoms with Crippen molar-refractivity contribution in [2.75, 3.05) is 13.7 Å². The van der Waals surface area contributed by atoms with E-state index in [1.54, 1.807) is 12.1 Å². The van der Waals surface area contributed by atoms with Crippen molar-refractivity contribution in [3.8, 4) is 0 Å². The molecule has 5 atom stereocenters. The van der Waals surface area contributed by atoms with Gasteiger partial charge in [-0.3, -0.25) is 0 Å². The molecule has 2 unspecified atom stereocenters. The molecule has 2 aromatic carbocycles. The summed E-state index contributed by atoms with van der Waals surface area (Å²) in [5.74, 6) is -2.06. The summed E-state index contributed by atoms with van der Waals surface area (Å²) in [5.41, 5.74) is 3.68. The summed E-state index contributed by atoms with van der Waals surface area (Å²) in [6.45, 7) is -0.362. The van der Waals surface area contributed by atoms with Crippen LogP contribution in [-0.2, 0) is 33.0 Å². The summed E-state index contributed by atoms with van der Waals surface area (Å²) < 4.78 is 16.3. The smallest absolute Gasteiger partial charge is 0.337 e. The maximum atomic E-state index is 11.6. The number of carbonyl (C=O) groups excluding carboxylic acids is 1. The van der Waals surface area contributed by atoms with Gasteiger partial charge in [0.2, 0.25) is 5.79 Å². The van der Waals surface area contributed by atoms with E-state index in [0.717, 1.165) is 16.7 Å². The Morgan fingerprint density at radius 1 is 1.10 bits per heavy atom. The normalized spacial score (nSPS) is 30.3. The van der Waals surface area contributed by atoms with Crippen LogP contribution in [0.15, 0.2) is 42.5 Å². The number of rotatable bonds is 4. The molecule has 0 radical (unpaired) electrons. The Morgan fingerprint density at radius 3 is 2.47 bits per heavy atom. The highest BCUT2D eigenvalue weighted by molar-refractivity contribution is 5.89. The summed E-state index contributed by atoms with van der Waals surface area (Å²) >= 11 is 0. The number of aliphatic hydroxyl groups is 4. The lowest BCUT2D eigenvalue weighted by atomic mass is 9.86. The largest absolute Gasteiger partial charge is 0.465 e. The molecule has 2 heterocycles. The predicted molar refractivity (Wildman–Crippen MR) is 103 cm³/mol. The van der Waals surface area contributed by atoms with Gasteiger partial charge in [-0.2, -0.15) is 0 Å². The van der Waals surface area contributed by atoms with Crippen LogP contribution in [0.5, 0.6) is 0 Å². The summed E-state index contributed by atoms with van der Waals surface area (Å²) in [5, 5.41) is 40.5. The summed E-state index contributed by atoms with van der Waals surface area (Å²) in [4.78, 5) is 11.6. The highest BCUT2D eigenvalue weighted by Gasteiger charge is 2.58. The van der Waals surface area contributed by atoms with Crippen molar-refractivity contribution < 1.29 is 39.4 Å². The van der Waals surface area contributed by atoms with Gasteiger partial charge in [0.15, 0.2) is 0 Å². The maximum Gasteiger partial charge on any atom is 0.337 e. The third-order valence-electron chi connectivity index (χ3n) is 5.73. The van der Waals surface area contributed by atoms with Gasteiger partial charge in [0.25, 0.3) is 0 Å². The van der Waals surface area contributed by atoms with Crippen LogP contribution in [0, 0.1) is 0 Å². The highest BCUT2D eigenvalue weighted by Crippen LogP contribution is 2.46. The molecular weight excluding hydrogens is 392 g/mol. The topological polar surface area (TPSA) is 126 Å². The summed E-state index contributed by atoms with van der Waals surface area (Å²) in [6, 6.07) is 12.7. The van der Waals surface area contributed by atoms with E-state index in [1.165, 1.54) is 7.11 Å². The molecule has 30 heavy (non-hydrogen) atoms. The van der Waals surface area contributed by atoms with E-state index >= 15 is 0 Å². The lowest BCUT2D eigenvalue weighted by molar-refractivity contribution is -0.368. The van der Waals surface area contributed by atoms with Crippen LogP contribution in [0.3, 0.4) is 0 Å². The molecule has 1 saturated heterocycles. The first-order valence-corrected chi connectivity index (χ1v) is 9.66. The van der Waals surface area contributed by atoms with E-state index in [0.29, 0.717) is 17.5 Å².